The molecule has 0 aliphatic rings. The van der Waals surface area contributed by atoms with E-state index in [1.165, 1.54) is 0 Å². The molecule has 0 spiro atoms. The molecular weight excluding hydrogens is 312 g/mol. The summed E-state index contributed by atoms with van der Waals surface area (Å²) >= 11 is 0. The fourth-order valence-electron chi connectivity index (χ4n) is 2.92. The predicted molar refractivity (Wildman–Crippen MR) is 101 cm³/mol. The fraction of sp³-hybridized carbons (Fsp3) is 0.100. The Hall–Kier alpha value is -3.34. The summed E-state index contributed by atoms with van der Waals surface area (Å²) in [6, 6.07) is 21.5. The molecule has 0 fully saturated rings. The molecule has 0 saturated heterocycles. The van der Waals surface area contributed by atoms with Crippen LogP contribution in [0.4, 0.5) is 10.5 Å². The Morgan fingerprint density at radius 2 is 1.76 bits per heavy atom. The average molecular weight is 330 g/mol. The molecule has 0 aliphatic heterocycles. The number of aromatic amines is 1. The van der Waals surface area contributed by atoms with Crippen molar-refractivity contribution in [2.24, 2.45) is 0 Å². The van der Waals surface area contributed by atoms with E-state index in [-0.39, 0.29) is 6.03 Å². The number of H-pyrrole nitrogens is 1. The molecule has 25 heavy (non-hydrogen) atoms. The monoisotopic (exact) mass is 330 g/mol. The molecule has 4 aromatic rings. The van der Waals surface area contributed by atoms with Gasteiger partial charge in [-0.2, -0.15) is 0 Å². The second kappa shape index (κ2) is 6.65. The van der Waals surface area contributed by atoms with Gasteiger partial charge in [0.1, 0.15) is 5.82 Å². The fourth-order valence-corrected chi connectivity index (χ4v) is 2.92. The Morgan fingerprint density at radius 3 is 2.68 bits per heavy atom. The number of para-hydroxylation sites is 2. The summed E-state index contributed by atoms with van der Waals surface area (Å²) in [5.74, 6) is 0.867. The highest BCUT2D eigenvalue weighted by molar-refractivity contribution is 6.01. The van der Waals surface area contributed by atoms with Crippen LogP contribution < -0.4 is 10.6 Å². The maximum Gasteiger partial charge on any atom is 0.319 e. The van der Waals surface area contributed by atoms with Crippen LogP contribution in [0.1, 0.15) is 5.82 Å². The molecule has 4 rings (SSSR count). The number of carbonyl (C=O) groups is 1. The van der Waals surface area contributed by atoms with Crippen LogP contribution in [-0.2, 0) is 6.42 Å². The molecular formula is C20H18N4O. The topological polar surface area (TPSA) is 69.8 Å². The molecule has 3 aromatic carbocycles. The van der Waals surface area contributed by atoms with E-state index in [1.54, 1.807) is 0 Å². The lowest BCUT2D eigenvalue weighted by molar-refractivity contribution is 0.252. The molecule has 0 atom stereocenters. The highest BCUT2D eigenvalue weighted by Gasteiger charge is 2.06. The summed E-state index contributed by atoms with van der Waals surface area (Å²) < 4.78 is 0. The van der Waals surface area contributed by atoms with Gasteiger partial charge in [0.15, 0.2) is 0 Å². The molecule has 0 saturated carbocycles. The van der Waals surface area contributed by atoms with Crippen LogP contribution in [0.25, 0.3) is 21.8 Å². The molecule has 0 unspecified atom stereocenters. The Bertz CT molecular complexity index is 1000. The number of carbonyl (C=O) groups excluding carboxylic acids is 1. The molecule has 0 radical (unpaired) electrons. The number of amides is 2. The Morgan fingerprint density at radius 1 is 0.960 bits per heavy atom. The van der Waals surface area contributed by atoms with Crippen molar-refractivity contribution < 1.29 is 4.79 Å². The van der Waals surface area contributed by atoms with Crippen molar-refractivity contribution >= 4 is 33.5 Å². The quantitative estimate of drug-likeness (QED) is 0.528. The Kier molecular flexibility index (Phi) is 4.04. The second-order valence-corrected chi connectivity index (χ2v) is 5.86. The lowest BCUT2D eigenvalue weighted by atomic mass is 10.1. The molecule has 3 N–H and O–H groups in total. The smallest absolute Gasteiger partial charge is 0.319 e. The van der Waals surface area contributed by atoms with Crippen LogP contribution in [0.15, 0.2) is 66.7 Å². The minimum Gasteiger partial charge on any atom is -0.342 e. The Labute approximate surface area is 145 Å². The van der Waals surface area contributed by atoms with Crippen LogP contribution in [-0.4, -0.2) is 22.5 Å². The van der Waals surface area contributed by atoms with Crippen molar-refractivity contribution in [1.82, 2.24) is 15.3 Å². The second-order valence-electron chi connectivity index (χ2n) is 5.86. The molecule has 0 bridgehead atoms. The van der Waals surface area contributed by atoms with Gasteiger partial charge >= 0.3 is 6.03 Å². The van der Waals surface area contributed by atoms with Crippen LogP contribution >= 0.6 is 0 Å². The SMILES string of the molecule is O=C(NCCc1nc2ccccc2[nH]1)Nc1cccc2ccccc12. The summed E-state index contributed by atoms with van der Waals surface area (Å²) in [6.07, 6.45) is 0.650. The molecule has 2 amide bonds. The number of imidazole rings is 1. The van der Waals surface area contributed by atoms with E-state index in [1.807, 2.05) is 66.7 Å². The number of hydrogen-bond donors (Lipinski definition) is 3. The summed E-state index contributed by atoms with van der Waals surface area (Å²) in [5.41, 5.74) is 2.76. The van der Waals surface area contributed by atoms with Gasteiger partial charge in [0.05, 0.1) is 16.7 Å². The van der Waals surface area contributed by atoms with Crippen molar-refractivity contribution in [2.45, 2.75) is 6.42 Å². The van der Waals surface area contributed by atoms with E-state index in [9.17, 15) is 4.79 Å². The van der Waals surface area contributed by atoms with Crippen LogP contribution in [0.5, 0.6) is 0 Å². The molecule has 0 aliphatic carbocycles. The van der Waals surface area contributed by atoms with Crippen molar-refractivity contribution in [3.05, 3.63) is 72.6 Å². The van der Waals surface area contributed by atoms with Gasteiger partial charge in [0, 0.05) is 18.4 Å². The number of nitrogens with one attached hydrogen (secondary N) is 3. The van der Waals surface area contributed by atoms with Gasteiger partial charge < -0.3 is 15.6 Å². The number of anilines is 1. The zero-order valence-corrected chi connectivity index (χ0v) is 13.6. The maximum atomic E-state index is 12.2. The standard InChI is InChI=1S/C20H18N4O/c25-20(24-16-11-5-7-14-6-1-2-8-15(14)16)21-13-12-19-22-17-9-3-4-10-18(17)23-19/h1-11H,12-13H2,(H,22,23)(H2,21,24,25). The van der Waals surface area contributed by atoms with Gasteiger partial charge in [-0.1, -0.05) is 48.5 Å². The molecule has 1 aromatic heterocycles. The lowest BCUT2D eigenvalue weighted by Gasteiger charge is -2.09. The molecule has 1 heterocycles. The van der Waals surface area contributed by atoms with Crippen molar-refractivity contribution in [1.29, 1.82) is 0 Å². The lowest BCUT2D eigenvalue weighted by Crippen LogP contribution is -2.30. The first-order chi connectivity index (χ1) is 12.3. The summed E-state index contributed by atoms with van der Waals surface area (Å²) in [6.45, 7) is 0.510. The van der Waals surface area contributed by atoms with Crippen molar-refractivity contribution in [3.8, 4) is 0 Å². The van der Waals surface area contributed by atoms with Gasteiger partial charge in [-0.3, -0.25) is 0 Å². The van der Waals surface area contributed by atoms with Gasteiger partial charge in [0.25, 0.3) is 0 Å². The molecule has 124 valence electrons. The first-order valence-electron chi connectivity index (χ1n) is 8.26. The molecule has 5 heteroatoms. The molecule has 5 nitrogen and oxygen atoms in total. The van der Waals surface area contributed by atoms with E-state index in [0.717, 1.165) is 33.3 Å². The van der Waals surface area contributed by atoms with Gasteiger partial charge in [-0.25, -0.2) is 9.78 Å². The van der Waals surface area contributed by atoms with Crippen LogP contribution in [0.2, 0.25) is 0 Å². The first kappa shape index (κ1) is 15.2. The number of fused-ring (bicyclic) bond motifs is 2. The number of rotatable bonds is 4. The highest BCUT2D eigenvalue weighted by atomic mass is 16.2. The van der Waals surface area contributed by atoms with Gasteiger partial charge in [-0.15, -0.1) is 0 Å². The third-order valence-corrected chi connectivity index (χ3v) is 4.12. The zero-order valence-electron chi connectivity index (χ0n) is 13.6. The highest BCUT2D eigenvalue weighted by Crippen LogP contribution is 2.22. The first-order valence-corrected chi connectivity index (χ1v) is 8.26. The summed E-state index contributed by atoms with van der Waals surface area (Å²) in [7, 11) is 0. The third-order valence-electron chi connectivity index (χ3n) is 4.12. The number of aromatic nitrogens is 2. The number of nitrogens with zero attached hydrogens (tertiary/aromatic N) is 1. The predicted octanol–water partition coefficient (Wildman–Crippen LogP) is 4.08. The normalized spacial score (nSPS) is 10.9. The number of benzene rings is 3. The largest absolute Gasteiger partial charge is 0.342 e. The van der Waals surface area contributed by atoms with E-state index < -0.39 is 0 Å². The summed E-state index contributed by atoms with van der Waals surface area (Å²) in [5, 5.41) is 7.92. The van der Waals surface area contributed by atoms with E-state index in [0.29, 0.717) is 13.0 Å². The average Bonchev–Trinajstić information content (AvgIpc) is 3.05. The minimum absolute atomic E-state index is 0.215. The van der Waals surface area contributed by atoms with Gasteiger partial charge in [-0.05, 0) is 23.6 Å². The number of hydrogen-bond acceptors (Lipinski definition) is 2. The number of urea groups is 1. The van der Waals surface area contributed by atoms with E-state index in [2.05, 4.69) is 20.6 Å². The maximum absolute atomic E-state index is 12.2. The zero-order chi connectivity index (χ0) is 17.1. The Balaban J connectivity index is 1.37. The van der Waals surface area contributed by atoms with Crippen molar-refractivity contribution in [2.75, 3.05) is 11.9 Å². The van der Waals surface area contributed by atoms with Crippen LogP contribution in [0, 0.1) is 0 Å². The summed E-state index contributed by atoms with van der Waals surface area (Å²) in [4.78, 5) is 19.9. The van der Waals surface area contributed by atoms with Crippen LogP contribution in [0.3, 0.4) is 0 Å². The van der Waals surface area contributed by atoms with Crippen molar-refractivity contribution in [3.63, 3.8) is 0 Å². The van der Waals surface area contributed by atoms with E-state index >= 15 is 0 Å². The third kappa shape index (κ3) is 3.30. The van der Waals surface area contributed by atoms with Gasteiger partial charge in [0.2, 0.25) is 0 Å². The minimum atomic E-state index is -0.215. The van der Waals surface area contributed by atoms with E-state index in [4.69, 9.17) is 0 Å².